The average molecular weight is 209 g/mol. The summed E-state index contributed by atoms with van der Waals surface area (Å²) in [5.41, 5.74) is 6.17. The normalized spacial score (nSPS) is 13.6. The van der Waals surface area contributed by atoms with Gasteiger partial charge in [0.25, 0.3) is 5.91 Å². The second-order valence-corrected chi connectivity index (χ2v) is 4.71. The minimum absolute atomic E-state index is 0.0201. The topological polar surface area (TPSA) is 70.9 Å². The Morgan fingerprint density at radius 3 is 2.67 bits per heavy atom. The predicted octanol–water partition coefficient (Wildman–Crippen LogP) is 1.12. The van der Waals surface area contributed by atoms with Crippen molar-refractivity contribution in [1.29, 1.82) is 0 Å². The number of rotatable bonds is 3. The summed E-state index contributed by atoms with van der Waals surface area (Å²) in [5.74, 6) is -0.106. The lowest BCUT2D eigenvalue weighted by molar-refractivity contribution is 0.0901. The summed E-state index contributed by atoms with van der Waals surface area (Å²) < 4.78 is 0. The highest BCUT2D eigenvalue weighted by Gasteiger charge is 2.25. The SMILES string of the molecule is CC(C)(C)C(CN)NC(=O)c1ccc[nH]1. The first-order chi connectivity index (χ1) is 6.95. The third kappa shape index (κ3) is 3.09. The summed E-state index contributed by atoms with van der Waals surface area (Å²) in [4.78, 5) is 14.6. The van der Waals surface area contributed by atoms with Gasteiger partial charge in [0.1, 0.15) is 5.69 Å². The van der Waals surface area contributed by atoms with Crippen molar-refractivity contribution in [2.24, 2.45) is 11.1 Å². The van der Waals surface area contributed by atoms with Crippen LogP contribution in [0.1, 0.15) is 31.3 Å². The molecule has 15 heavy (non-hydrogen) atoms. The first kappa shape index (κ1) is 11.8. The largest absolute Gasteiger partial charge is 0.357 e. The molecule has 0 aliphatic rings. The van der Waals surface area contributed by atoms with Crippen molar-refractivity contribution >= 4 is 5.91 Å². The van der Waals surface area contributed by atoms with Crippen LogP contribution in [0.5, 0.6) is 0 Å². The molecular weight excluding hydrogens is 190 g/mol. The van der Waals surface area contributed by atoms with Crippen LogP contribution in [0, 0.1) is 5.41 Å². The quantitative estimate of drug-likeness (QED) is 0.698. The van der Waals surface area contributed by atoms with Crippen LogP contribution < -0.4 is 11.1 Å². The highest BCUT2D eigenvalue weighted by atomic mass is 16.1. The first-order valence-electron chi connectivity index (χ1n) is 5.09. The molecule has 0 saturated carbocycles. The third-order valence-electron chi connectivity index (χ3n) is 2.43. The number of nitrogens with two attached hydrogens (primary N) is 1. The Hall–Kier alpha value is -1.29. The zero-order chi connectivity index (χ0) is 11.5. The van der Waals surface area contributed by atoms with E-state index in [2.05, 4.69) is 31.1 Å². The van der Waals surface area contributed by atoms with Gasteiger partial charge in [0.05, 0.1) is 0 Å². The first-order valence-corrected chi connectivity index (χ1v) is 5.09. The number of H-pyrrole nitrogens is 1. The molecule has 1 unspecified atom stereocenters. The third-order valence-corrected chi connectivity index (χ3v) is 2.43. The van der Waals surface area contributed by atoms with Gasteiger partial charge in [-0.3, -0.25) is 4.79 Å². The standard InChI is InChI=1S/C11H19N3O/c1-11(2,3)9(7-12)14-10(15)8-5-4-6-13-8/h4-6,9,13H,7,12H2,1-3H3,(H,14,15). The Kier molecular flexibility index (Phi) is 3.52. The maximum atomic E-state index is 11.7. The lowest BCUT2D eigenvalue weighted by Gasteiger charge is -2.30. The second-order valence-electron chi connectivity index (χ2n) is 4.71. The van der Waals surface area contributed by atoms with E-state index in [0.717, 1.165) is 0 Å². The van der Waals surface area contributed by atoms with Crippen molar-refractivity contribution in [3.63, 3.8) is 0 Å². The number of carbonyl (C=O) groups is 1. The zero-order valence-corrected chi connectivity index (χ0v) is 9.50. The Labute approximate surface area is 90.2 Å². The molecule has 4 heteroatoms. The van der Waals surface area contributed by atoms with Crippen LogP contribution in [0.25, 0.3) is 0 Å². The summed E-state index contributed by atoms with van der Waals surface area (Å²) >= 11 is 0. The Bertz CT molecular complexity index is 311. The maximum absolute atomic E-state index is 11.7. The molecule has 1 heterocycles. The van der Waals surface area contributed by atoms with E-state index in [-0.39, 0.29) is 17.4 Å². The van der Waals surface area contributed by atoms with Gasteiger partial charge < -0.3 is 16.0 Å². The number of hydrogen-bond acceptors (Lipinski definition) is 2. The number of carbonyl (C=O) groups excluding carboxylic acids is 1. The van der Waals surface area contributed by atoms with Gasteiger partial charge in [-0.1, -0.05) is 20.8 Å². The Morgan fingerprint density at radius 1 is 1.60 bits per heavy atom. The molecule has 0 fully saturated rings. The van der Waals surface area contributed by atoms with Gasteiger partial charge in [-0.2, -0.15) is 0 Å². The molecule has 1 amide bonds. The van der Waals surface area contributed by atoms with Crippen molar-refractivity contribution in [1.82, 2.24) is 10.3 Å². The van der Waals surface area contributed by atoms with Crippen molar-refractivity contribution < 1.29 is 4.79 Å². The number of aromatic amines is 1. The molecule has 0 saturated heterocycles. The minimum atomic E-state index is -0.106. The smallest absolute Gasteiger partial charge is 0.267 e. The fourth-order valence-electron chi connectivity index (χ4n) is 1.34. The van der Waals surface area contributed by atoms with Gasteiger partial charge in [0.15, 0.2) is 0 Å². The second kappa shape index (κ2) is 4.49. The number of amides is 1. The van der Waals surface area contributed by atoms with E-state index in [1.165, 1.54) is 0 Å². The summed E-state index contributed by atoms with van der Waals surface area (Å²) in [6.07, 6.45) is 1.73. The van der Waals surface area contributed by atoms with Gasteiger partial charge in [0.2, 0.25) is 0 Å². The summed E-state index contributed by atoms with van der Waals surface area (Å²) in [6.45, 7) is 6.61. The molecule has 1 aromatic heterocycles. The van der Waals surface area contributed by atoms with E-state index in [0.29, 0.717) is 12.2 Å². The minimum Gasteiger partial charge on any atom is -0.357 e. The van der Waals surface area contributed by atoms with E-state index < -0.39 is 0 Å². The molecule has 0 aliphatic carbocycles. The van der Waals surface area contributed by atoms with E-state index in [1.54, 1.807) is 18.3 Å². The molecule has 1 rings (SSSR count). The molecule has 1 aromatic rings. The van der Waals surface area contributed by atoms with Gasteiger partial charge in [-0.25, -0.2) is 0 Å². The highest BCUT2D eigenvalue weighted by molar-refractivity contribution is 5.92. The van der Waals surface area contributed by atoms with E-state index in [4.69, 9.17) is 5.73 Å². The van der Waals surface area contributed by atoms with Crippen LogP contribution in [0.3, 0.4) is 0 Å². The van der Waals surface area contributed by atoms with Crippen LogP contribution in [0.2, 0.25) is 0 Å². The average Bonchev–Trinajstić information content (AvgIpc) is 2.64. The summed E-state index contributed by atoms with van der Waals surface area (Å²) in [5, 5.41) is 2.91. The number of nitrogens with one attached hydrogen (secondary N) is 2. The molecule has 4 nitrogen and oxygen atoms in total. The van der Waals surface area contributed by atoms with Crippen LogP contribution in [-0.2, 0) is 0 Å². The maximum Gasteiger partial charge on any atom is 0.267 e. The number of hydrogen-bond donors (Lipinski definition) is 3. The zero-order valence-electron chi connectivity index (χ0n) is 9.50. The molecular formula is C11H19N3O. The van der Waals surface area contributed by atoms with Crippen LogP contribution in [-0.4, -0.2) is 23.5 Å². The lowest BCUT2D eigenvalue weighted by atomic mass is 9.87. The van der Waals surface area contributed by atoms with Gasteiger partial charge in [-0.15, -0.1) is 0 Å². The summed E-state index contributed by atoms with van der Waals surface area (Å²) in [7, 11) is 0. The van der Waals surface area contributed by atoms with Crippen LogP contribution >= 0.6 is 0 Å². The van der Waals surface area contributed by atoms with Gasteiger partial charge >= 0.3 is 0 Å². The molecule has 0 spiro atoms. The van der Waals surface area contributed by atoms with Gasteiger partial charge in [-0.05, 0) is 17.5 Å². The molecule has 1 atom stereocenters. The van der Waals surface area contributed by atoms with E-state index in [1.807, 2.05) is 0 Å². The van der Waals surface area contributed by atoms with E-state index in [9.17, 15) is 4.79 Å². The fraction of sp³-hybridized carbons (Fsp3) is 0.545. The molecule has 0 aromatic carbocycles. The highest BCUT2D eigenvalue weighted by Crippen LogP contribution is 2.18. The van der Waals surface area contributed by atoms with Gasteiger partial charge in [0, 0.05) is 18.8 Å². The fourth-order valence-corrected chi connectivity index (χ4v) is 1.34. The number of aromatic nitrogens is 1. The lowest BCUT2D eigenvalue weighted by Crippen LogP contribution is -2.48. The van der Waals surface area contributed by atoms with Crippen LogP contribution in [0.4, 0.5) is 0 Å². The van der Waals surface area contributed by atoms with Crippen molar-refractivity contribution in [2.75, 3.05) is 6.54 Å². The predicted molar refractivity (Wildman–Crippen MR) is 60.6 cm³/mol. The van der Waals surface area contributed by atoms with Crippen molar-refractivity contribution in [3.05, 3.63) is 24.0 Å². The Morgan fingerprint density at radius 2 is 2.27 bits per heavy atom. The summed E-state index contributed by atoms with van der Waals surface area (Å²) in [6, 6.07) is 3.52. The molecule has 0 bridgehead atoms. The molecule has 0 aliphatic heterocycles. The molecule has 4 N–H and O–H groups in total. The Balaban J connectivity index is 2.65. The van der Waals surface area contributed by atoms with E-state index >= 15 is 0 Å². The van der Waals surface area contributed by atoms with Crippen molar-refractivity contribution in [3.8, 4) is 0 Å². The van der Waals surface area contributed by atoms with Crippen LogP contribution in [0.15, 0.2) is 18.3 Å². The monoisotopic (exact) mass is 209 g/mol. The molecule has 0 radical (unpaired) electrons. The van der Waals surface area contributed by atoms with Crippen molar-refractivity contribution in [2.45, 2.75) is 26.8 Å². The molecule has 84 valence electrons.